The van der Waals surface area contributed by atoms with Gasteiger partial charge in [0.1, 0.15) is 0 Å². The van der Waals surface area contributed by atoms with Crippen LogP contribution in [0.15, 0.2) is 42.5 Å². The van der Waals surface area contributed by atoms with E-state index in [1.807, 2.05) is 25.1 Å². The lowest BCUT2D eigenvalue weighted by molar-refractivity contribution is -0.385. The van der Waals surface area contributed by atoms with Gasteiger partial charge in [-0.1, -0.05) is 18.2 Å². The molecule has 2 aromatic carbocycles. The molecule has 0 spiro atoms. The Balaban J connectivity index is 2.14. The van der Waals surface area contributed by atoms with Crippen LogP contribution in [0.25, 0.3) is 0 Å². The number of nitrogens with one attached hydrogen (secondary N) is 1. The van der Waals surface area contributed by atoms with E-state index < -0.39 is 4.92 Å². The maximum Gasteiger partial charge on any atom is 0.273 e. The van der Waals surface area contributed by atoms with Crippen molar-refractivity contribution in [2.45, 2.75) is 13.3 Å². The number of benzene rings is 2. The Bertz CT molecular complexity index is 701. The normalized spacial score (nSPS) is 10.2. The number of anilines is 1. The zero-order valence-electron chi connectivity index (χ0n) is 11.3. The van der Waals surface area contributed by atoms with Crippen LogP contribution in [0, 0.1) is 20.6 Å². The summed E-state index contributed by atoms with van der Waals surface area (Å²) in [6, 6.07) is 12.0. The number of rotatable bonds is 4. The highest BCUT2D eigenvalue weighted by atomic mass is 127. The standard InChI is InChI=1S/C15H13IN2O3/c1-10-8-12(16)6-7-13(10)17-15(19)9-11-4-2-3-5-14(11)18(20)21/h2-8H,9H2,1H3,(H,17,19). The van der Waals surface area contributed by atoms with E-state index in [0.717, 1.165) is 14.8 Å². The number of para-hydroxylation sites is 1. The minimum Gasteiger partial charge on any atom is -0.326 e. The molecule has 108 valence electrons. The molecule has 21 heavy (non-hydrogen) atoms. The van der Waals surface area contributed by atoms with E-state index in [0.29, 0.717) is 5.56 Å². The summed E-state index contributed by atoms with van der Waals surface area (Å²) in [5.41, 5.74) is 2.05. The predicted octanol–water partition coefficient (Wildman–Crippen LogP) is 3.69. The third kappa shape index (κ3) is 4.01. The predicted molar refractivity (Wildman–Crippen MR) is 89.3 cm³/mol. The number of nitro benzene ring substituents is 1. The fourth-order valence-electron chi connectivity index (χ4n) is 1.97. The monoisotopic (exact) mass is 396 g/mol. The number of nitrogens with zero attached hydrogens (tertiary/aromatic N) is 1. The topological polar surface area (TPSA) is 72.2 Å². The fourth-order valence-corrected chi connectivity index (χ4v) is 2.62. The molecular weight excluding hydrogens is 383 g/mol. The lowest BCUT2D eigenvalue weighted by Gasteiger charge is -2.09. The van der Waals surface area contributed by atoms with E-state index in [1.54, 1.807) is 18.2 Å². The fraction of sp³-hybridized carbons (Fsp3) is 0.133. The second-order valence-corrected chi connectivity index (χ2v) is 5.82. The zero-order valence-corrected chi connectivity index (χ0v) is 13.5. The highest BCUT2D eigenvalue weighted by Crippen LogP contribution is 2.20. The van der Waals surface area contributed by atoms with Gasteiger partial charge in [-0.05, 0) is 53.3 Å². The highest BCUT2D eigenvalue weighted by Gasteiger charge is 2.15. The Morgan fingerprint density at radius 3 is 2.67 bits per heavy atom. The number of aryl methyl sites for hydroxylation is 1. The number of carbonyl (C=O) groups is 1. The first-order valence-corrected chi connectivity index (χ1v) is 7.33. The minimum atomic E-state index is -0.473. The molecule has 0 radical (unpaired) electrons. The maximum atomic E-state index is 12.1. The summed E-state index contributed by atoms with van der Waals surface area (Å²) < 4.78 is 1.08. The van der Waals surface area contributed by atoms with Gasteiger partial charge in [0.2, 0.25) is 5.91 Å². The van der Waals surface area contributed by atoms with Crippen LogP contribution >= 0.6 is 22.6 Å². The Morgan fingerprint density at radius 1 is 1.29 bits per heavy atom. The first-order valence-electron chi connectivity index (χ1n) is 6.25. The zero-order chi connectivity index (χ0) is 15.4. The molecule has 0 aromatic heterocycles. The van der Waals surface area contributed by atoms with Crippen LogP contribution < -0.4 is 5.32 Å². The summed E-state index contributed by atoms with van der Waals surface area (Å²) in [5.74, 6) is -0.270. The largest absolute Gasteiger partial charge is 0.326 e. The van der Waals surface area contributed by atoms with Crippen LogP contribution in [0.1, 0.15) is 11.1 Å². The van der Waals surface area contributed by atoms with Crippen molar-refractivity contribution in [1.82, 2.24) is 0 Å². The van der Waals surface area contributed by atoms with Crippen molar-refractivity contribution in [1.29, 1.82) is 0 Å². The van der Waals surface area contributed by atoms with E-state index in [4.69, 9.17) is 0 Å². The third-order valence-electron chi connectivity index (χ3n) is 3.00. The summed E-state index contributed by atoms with van der Waals surface area (Å²) in [5, 5.41) is 13.7. The third-order valence-corrected chi connectivity index (χ3v) is 3.67. The van der Waals surface area contributed by atoms with Crippen LogP contribution in [-0.2, 0) is 11.2 Å². The summed E-state index contributed by atoms with van der Waals surface area (Å²) >= 11 is 2.20. The molecular formula is C15H13IN2O3. The molecule has 0 heterocycles. The minimum absolute atomic E-state index is 0.0252. The Labute approximate surface area is 135 Å². The lowest BCUT2D eigenvalue weighted by Crippen LogP contribution is -2.16. The van der Waals surface area contributed by atoms with E-state index in [1.165, 1.54) is 6.07 Å². The molecule has 5 nitrogen and oxygen atoms in total. The van der Waals surface area contributed by atoms with Crippen molar-refractivity contribution in [2.75, 3.05) is 5.32 Å². The van der Waals surface area contributed by atoms with Crippen molar-refractivity contribution in [3.8, 4) is 0 Å². The molecule has 0 aliphatic heterocycles. The molecule has 0 bridgehead atoms. The average Bonchev–Trinajstić information content (AvgIpc) is 2.42. The van der Waals surface area contributed by atoms with Crippen LogP contribution in [0.4, 0.5) is 11.4 Å². The van der Waals surface area contributed by atoms with Gasteiger partial charge in [0, 0.05) is 20.9 Å². The summed E-state index contributed by atoms with van der Waals surface area (Å²) in [6.07, 6.45) is -0.0252. The van der Waals surface area contributed by atoms with Crippen molar-refractivity contribution >= 4 is 39.9 Å². The van der Waals surface area contributed by atoms with Gasteiger partial charge in [0.05, 0.1) is 11.3 Å². The number of amides is 1. The quantitative estimate of drug-likeness (QED) is 0.487. The SMILES string of the molecule is Cc1cc(I)ccc1NC(=O)Cc1ccccc1[N+](=O)[O-]. The molecule has 0 fully saturated rings. The van der Waals surface area contributed by atoms with Gasteiger partial charge in [-0.3, -0.25) is 14.9 Å². The summed E-state index contributed by atoms with van der Waals surface area (Å²) in [6.45, 7) is 1.91. The van der Waals surface area contributed by atoms with Crippen LogP contribution in [-0.4, -0.2) is 10.8 Å². The Kier molecular flexibility index (Phi) is 4.89. The Hall–Kier alpha value is -1.96. The van der Waals surface area contributed by atoms with Gasteiger partial charge in [-0.15, -0.1) is 0 Å². The van der Waals surface area contributed by atoms with Crippen molar-refractivity contribution in [3.63, 3.8) is 0 Å². The van der Waals surface area contributed by atoms with Gasteiger partial charge in [-0.2, -0.15) is 0 Å². The van der Waals surface area contributed by atoms with Gasteiger partial charge in [-0.25, -0.2) is 0 Å². The van der Waals surface area contributed by atoms with Crippen LogP contribution in [0.5, 0.6) is 0 Å². The molecule has 0 unspecified atom stereocenters. The van der Waals surface area contributed by atoms with Crippen molar-refractivity contribution in [2.24, 2.45) is 0 Å². The van der Waals surface area contributed by atoms with Crippen molar-refractivity contribution in [3.05, 3.63) is 67.3 Å². The first kappa shape index (κ1) is 15.4. The molecule has 2 aromatic rings. The number of halogens is 1. The second kappa shape index (κ2) is 6.66. The van der Waals surface area contributed by atoms with Crippen molar-refractivity contribution < 1.29 is 9.72 Å². The van der Waals surface area contributed by atoms with E-state index >= 15 is 0 Å². The highest BCUT2D eigenvalue weighted by molar-refractivity contribution is 14.1. The lowest BCUT2D eigenvalue weighted by atomic mass is 10.1. The molecule has 0 saturated heterocycles. The summed E-state index contributed by atoms with van der Waals surface area (Å²) in [7, 11) is 0. The number of nitro groups is 1. The van der Waals surface area contributed by atoms with Gasteiger partial charge in [0.15, 0.2) is 0 Å². The first-order chi connectivity index (χ1) is 9.97. The Morgan fingerprint density at radius 2 is 2.00 bits per heavy atom. The smallest absolute Gasteiger partial charge is 0.273 e. The van der Waals surface area contributed by atoms with Gasteiger partial charge >= 0.3 is 0 Å². The molecule has 2 rings (SSSR count). The maximum absolute atomic E-state index is 12.1. The van der Waals surface area contributed by atoms with Gasteiger partial charge in [0.25, 0.3) is 5.69 Å². The molecule has 0 aliphatic rings. The number of hydrogen-bond acceptors (Lipinski definition) is 3. The molecule has 6 heteroatoms. The molecule has 1 amide bonds. The molecule has 0 atom stereocenters. The van der Waals surface area contributed by atoms with E-state index in [9.17, 15) is 14.9 Å². The van der Waals surface area contributed by atoms with E-state index in [-0.39, 0.29) is 18.0 Å². The van der Waals surface area contributed by atoms with Gasteiger partial charge < -0.3 is 5.32 Å². The average molecular weight is 396 g/mol. The molecule has 0 saturated carbocycles. The van der Waals surface area contributed by atoms with E-state index in [2.05, 4.69) is 27.9 Å². The number of carbonyl (C=O) groups excluding carboxylic acids is 1. The molecule has 0 aliphatic carbocycles. The van der Waals surface area contributed by atoms with Crippen LogP contribution in [0.2, 0.25) is 0 Å². The van der Waals surface area contributed by atoms with Crippen LogP contribution in [0.3, 0.4) is 0 Å². The summed E-state index contributed by atoms with van der Waals surface area (Å²) in [4.78, 5) is 22.5. The number of hydrogen-bond donors (Lipinski definition) is 1. The second-order valence-electron chi connectivity index (χ2n) is 4.57. The molecule has 1 N–H and O–H groups in total.